The third kappa shape index (κ3) is 8.18. The van der Waals surface area contributed by atoms with Crippen molar-refractivity contribution in [3.8, 4) is 11.5 Å². The summed E-state index contributed by atoms with van der Waals surface area (Å²) in [5, 5.41) is 6.70. The summed E-state index contributed by atoms with van der Waals surface area (Å²) in [4.78, 5) is 24.9. The van der Waals surface area contributed by atoms with E-state index in [1.807, 2.05) is 25.1 Å². The van der Waals surface area contributed by atoms with E-state index in [-0.39, 0.29) is 23.1 Å². The van der Waals surface area contributed by atoms with E-state index in [1.54, 1.807) is 66.7 Å². The van der Waals surface area contributed by atoms with E-state index in [9.17, 15) is 18.0 Å². The van der Waals surface area contributed by atoms with Crippen LogP contribution in [0.5, 0.6) is 11.5 Å². The van der Waals surface area contributed by atoms with E-state index in [2.05, 4.69) is 15.8 Å². The van der Waals surface area contributed by atoms with Crippen LogP contribution in [0.1, 0.15) is 11.1 Å². The lowest BCUT2D eigenvalue weighted by Crippen LogP contribution is -2.39. The normalized spacial score (nSPS) is 11.1. The molecule has 11 heteroatoms. The molecule has 0 atom stereocenters. The Morgan fingerprint density at radius 1 is 0.857 bits per heavy atom. The molecule has 0 aliphatic carbocycles. The molecule has 0 unspecified atom stereocenters. The van der Waals surface area contributed by atoms with Crippen LogP contribution in [0.2, 0.25) is 0 Å². The lowest BCUT2D eigenvalue weighted by molar-refractivity contribution is -0.119. The highest BCUT2D eigenvalue weighted by atomic mass is 32.2. The molecule has 4 rings (SSSR count). The number of ether oxygens (including phenoxy) is 2. The Labute approximate surface area is 244 Å². The molecule has 42 heavy (non-hydrogen) atoms. The van der Waals surface area contributed by atoms with Crippen LogP contribution in [0.4, 0.5) is 11.4 Å². The molecule has 2 N–H and O–H groups in total. The molecule has 0 saturated carbocycles. The number of hydrogen-bond acceptors (Lipinski definition) is 7. The maximum absolute atomic E-state index is 13.5. The Morgan fingerprint density at radius 2 is 1.57 bits per heavy atom. The number of benzene rings is 4. The van der Waals surface area contributed by atoms with Crippen LogP contribution in [0.3, 0.4) is 0 Å². The number of methoxy groups -OCH3 is 1. The molecular formula is C31H30N4O6S. The van der Waals surface area contributed by atoms with Crippen molar-refractivity contribution in [3.63, 3.8) is 0 Å². The number of hydrogen-bond donors (Lipinski definition) is 2. The molecule has 0 aliphatic heterocycles. The molecule has 0 spiro atoms. The smallest absolute Gasteiger partial charge is 0.264 e. The fraction of sp³-hybridized carbons (Fsp3) is 0.129. The van der Waals surface area contributed by atoms with Crippen LogP contribution >= 0.6 is 0 Å². The number of hydrazone groups is 1. The lowest BCUT2D eigenvalue weighted by Gasteiger charge is -2.24. The number of rotatable bonds is 12. The second kappa shape index (κ2) is 14.0. The highest BCUT2D eigenvalue weighted by Crippen LogP contribution is 2.27. The standard InChI is InChI=1S/C31H30N4O6S/c1-23-11-17-29(18-12-23)42(38,39)35(26-9-6-10-28(19-26)40-2)21-30(36)34-32-20-24-13-15-27(16-14-24)41-22-31(37)33-25-7-4-3-5-8-25/h3-20H,21-22H2,1-2H3,(H,33,37)(H,34,36)/b32-20-. The van der Waals surface area contributed by atoms with Gasteiger partial charge < -0.3 is 14.8 Å². The van der Waals surface area contributed by atoms with Crippen molar-refractivity contribution in [2.24, 2.45) is 5.10 Å². The number of sulfonamides is 1. The maximum Gasteiger partial charge on any atom is 0.264 e. The van der Waals surface area contributed by atoms with Crippen molar-refractivity contribution in [2.45, 2.75) is 11.8 Å². The number of anilines is 2. The SMILES string of the molecule is COc1cccc(N(CC(=O)N/N=C\c2ccc(OCC(=O)Nc3ccccc3)cc2)S(=O)(=O)c2ccc(C)cc2)c1. The van der Waals surface area contributed by atoms with Crippen LogP contribution < -0.4 is 24.5 Å². The topological polar surface area (TPSA) is 126 Å². The van der Waals surface area contributed by atoms with Crippen molar-refractivity contribution < 1.29 is 27.5 Å². The molecule has 216 valence electrons. The minimum absolute atomic E-state index is 0.0482. The molecule has 0 saturated heterocycles. The summed E-state index contributed by atoms with van der Waals surface area (Å²) < 4.78 is 38.8. The van der Waals surface area contributed by atoms with Crippen molar-refractivity contribution in [1.29, 1.82) is 0 Å². The third-order valence-corrected chi connectivity index (χ3v) is 7.74. The number of aryl methyl sites for hydroxylation is 1. The largest absolute Gasteiger partial charge is 0.497 e. The van der Waals surface area contributed by atoms with E-state index in [1.165, 1.54) is 31.5 Å². The zero-order valence-electron chi connectivity index (χ0n) is 23.1. The zero-order chi connectivity index (χ0) is 30.0. The first-order chi connectivity index (χ1) is 20.2. The Bertz CT molecular complexity index is 1640. The van der Waals surface area contributed by atoms with Gasteiger partial charge in [-0.15, -0.1) is 0 Å². The third-order valence-electron chi connectivity index (χ3n) is 5.95. The highest BCUT2D eigenvalue weighted by Gasteiger charge is 2.27. The van der Waals surface area contributed by atoms with Gasteiger partial charge in [0.05, 0.1) is 23.9 Å². The van der Waals surface area contributed by atoms with Gasteiger partial charge in [0, 0.05) is 11.8 Å². The van der Waals surface area contributed by atoms with Gasteiger partial charge in [0.25, 0.3) is 21.8 Å². The molecule has 4 aromatic rings. The zero-order valence-corrected chi connectivity index (χ0v) is 23.9. The van der Waals surface area contributed by atoms with Crippen LogP contribution in [-0.4, -0.2) is 46.7 Å². The summed E-state index contributed by atoms with van der Waals surface area (Å²) in [6.07, 6.45) is 1.41. The van der Waals surface area contributed by atoms with Gasteiger partial charge in [0.2, 0.25) is 0 Å². The van der Waals surface area contributed by atoms with E-state index < -0.39 is 22.5 Å². The van der Waals surface area contributed by atoms with Gasteiger partial charge in [0.1, 0.15) is 18.0 Å². The van der Waals surface area contributed by atoms with Crippen LogP contribution in [-0.2, 0) is 19.6 Å². The molecule has 0 bridgehead atoms. The first-order valence-electron chi connectivity index (χ1n) is 12.9. The van der Waals surface area contributed by atoms with Crippen molar-refractivity contribution in [1.82, 2.24) is 5.43 Å². The van der Waals surface area contributed by atoms with E-state index >= 15 is 0 Å². The second-order valence-corrected chi connectivity index (χ2v) is 11.0. The summed E-state index contributed by atoms with van der Waals surface area (Å²) in [6, 6.07) is 28.6. The quantitative estimate of drug-likeness (QED) is 0.188. The summed E-state index contributed by atoms with van der Waals surface area (Å²) in [5.74, 6) is -0.00926. The predicted octanol–water partition coefficient (Wildman–Crippen LogP) is 4.37. The number of carbonyl (C=O) groups is 2. The van der Waals surface area contributed by atoms with Crippen molar-refractivity contribution >= 4 is 39.4 Å². The summed E-state index contributed by atoms with van der Waals surface area (Å²) in [5.41, 5.74) is 4.88. The maximum atomic E-state index is 13.5. The molecule has 0 aliphatic rings. The monoisotopic (exact) mass is 586 g/mol. The molecular weight excluding hydrogens is 556 g/mol. The first-order valence-corrected chi connectivity index (χ1v) is 14.3. The van der Waals surface area contributed by atoms with E-state index in [0.29, 0.717) is 22.7 Å². The van der Waals surface area contributed by atoms with Gasteiger partial charge in [-0.3, -0.25) is 13.9 Å². The molecule has 0 radical (unpaired) electrons. The van der Waals surface area contributed by atoms with Crippen LogP contribution in [0.25, 0.3) is 0 Å². The number of amides is 2. The molecule has 0 aromatic heterocycles. The molecule has 10 nitrogen and oxygen atoms in total. The average molecular weight is 587 g/mol. The Hall–Kier alpha value is -5.16. The van der Waals surface area contributed by atoms with Crippen LogP contribution in [0.15, 0.2) is 113 Å². The molecule has 0 heterocycles. The first kappa shape index (κ1) is 29.8. The molecule has 0 fully saturated rings. The van der Waals surface area contributed by atoms with E-state index in [4.69, 9.17) is 9.47 Å². The van der Waals surface area contributed by atoms with E-state index in [0.717, 1.165) is 9.87 Å². The number of para-hydroxylation sites is 1. The van der Waals surface area contributed by atoms with Gasteiger partial charge in [0.15, 0.2) is 6.61 Å². The van der Waals surface area contributed by atoms with Crippen molar-refractivity contribution in [3.05, 3.63) is 114 Å². The van der Waals surface area contributed by atoms with Gasteiger partial charge >= 0.3 is 0 Å². The Kier molecular flexibility index (Phi) is 9.90. The fourth-order valence-electron chi connectivity index (χ4n) is 3.78. The van der Waals surface area contributed by atoms with Gasteiger partial charge in [-0.1, -0.05) is 42.0 Å². The van der Waals surface area contributed by atoms with Gasteiger partial charge in [-0.05, 0) is 73.2 Å². The number of nitrogens with zero attached hydrogens (tertiary/aromatic N) is 2. The van der Waals surface area contributed by atoms with Crippen molar-refractivity contribution in [2.75, 3.05) is 29.9 Å². The second-order valence-electron chi connectivity index (χ2n) is 9.09. The summed E-state index contributed by atoms with van der Waals surface area (Å²) in [7, 11) is -2.61. The molecule has 2 amide bonds. The van der Waals surface area contributed by atoms with Crippen LogP contribution in [0, 0.1) is 6.92 Å². The highest BCUT2D eigenvalue weighted by molar-refractivity contribution is 7.92. The fourth-order valence-corrected chi connectivity index (χ4v) is 5.19. The minimum Gasteiger partial charge on any atom is -0.497 e. The average Bonchev–Trinajstić information content (AvgIpc) is 3.00. The number of nitrogens with one attached hydrogen (secondary N) is 2. The summed E-state index contributed by atoms with van der Waals surface area (Å²) in [6.45, 7) is 1.18. The van der Waals surface area contributed by atoms with Gasteiger partial charge in [-0.2, -0.15) is 5.10 Å². The minimum atomic E-state index is -4.08. The Balaban J connectivity index is 1.37. The summed E-state index contributed by atoms with van der Waals surface area (Å²) >= 11 is 0. The Morgan fingerprint density at radius 3 is 2.26 bits per heavy atom. The number of carbonyl (C=O) groups excluding carboxylic acids is 2. The predicted molar refractivity (Wildman–Crippen MR) is 161 cm³/mol. The molecule has 4 aromatic carbocycles. The van der Waals surface area contributed by atoms with Gasteiger partial charge in [-0.25, -0.2) is 13.8 Å². The lowest BCUT2D eigenvalue weighted by atomic mass is 10.2.